The van der Waals surface area contributed by atoms with Crippen LogP contribution in [0.2, 0.25) is 0 Å². The lowest BCUT2D eigenvalue weighted by Crippen LogP contribution is -2.47. The van der Waals surface area contributed by atoms with E-state index in [-0.39, 0.29) is 55.2 Å². The number of benzene rings is 1. The van der Waals surface area contributed by atoms with Gasteiger partial charge in [0.15, 0.2) is 0 Å². The molecule has 2 aliphatic rings. The number of non-ortho nitro benzene ring substituents is 1. The number of imide groups is 1. The van der Waals surface area contributed by atoms with Crippen molar-refractivity contribution in [2.24, 2.45) is 5.92 Å². The molecule has 4 amide bonds. The third-order valence-corrected chi connectivity index (χ3v) is 5.20. The summed E-state index contributed by atoms with van der Waals surface area (Å²) in [6.45, 7) is -0.654. The monoisotopic (exact) mass is 442 g/mol. The van der Waals surface area contributed by atoms with Crippen molar-refractivity contribution in [2.75, 3.05) is 26.2 Å². The molecule has 1 aromatic rings. The fourth-order valence-electron chi connectivity index (χ4n) is 3.51. The minimum atomic E-state index is -4.92. The number of fused-ring (bicyclic) bond motifs is 1. The maximum Gasteiger partial charge on any atom is 0.471 e. The largest absolute Gasteiger partial charge is 0.471 e. The van der Waals surface area contributed by atoms with Crippen LogP contribution in [-0.2, 0) is 9.59 Å². The quantitative estimate of drug-likeness (QED) is 0.413. The Morgan fingerprint density at radius 2 is 1.74 bits per heavy atom. The number of halogens is 3. The van der Waals surface area contributed by atoms with Crippen LogP contribution in [0.3, 0.4) is 0 Å². The second-order valence-electron chi connectivity index (χ2n) is 7.22. The summed E-state index contributed by atoms with van der Waals surface area (Å²) in [7, 11) is 0. The number of likely N-dealkylation sites (tertiary alicyclic amines) is 1. The number of nitrogens with one attached hydrogen (secondary N) is 1. The van der Waals surface area contributed by atoms with Crippen LogP contribution in [0, 0.1) is 16.0 Å². The summed E-state index contributed by atoms with van der Waals surface area (Å²) in [5.41, 5.74) is -0.555. The summed E-state index contributed by atoms with van der Waals surface area (Å²) in [5, 5.41) is 13.4. The average molecular weight is 442 g/mol. The van der Waals surface area contributed by atoms with Gasteiger partial charge in [0, 0.05) is 31.8 Å². The topological polar surface area (TPSA) is 130 Å². The van der Waals surface area contributed by atoms with Crippen LogP contribution in [-0.4, -0.2) is 70.7 Å². The number of carbonyl (C=O) groups excluding carboxylic acids is 4. The van der Waals surface area contributed by atoms with Crippen LogP contribution in [0.5, 0.6) is 0 Å². The van der Waals surface area contributed by atoms with Gasteiger partial charge < -0.3 is 10.2 Å². The summed E-state index contributed by atoms with van der Waals surface area (Å²) in [6.07, 6.45) is -4.40. The molecule has 0 saturated carbocycles. The number of nitrogens with zero attached hydrogens (tertiary/aromatic N) is 3. The molecule has 0 aliphatic carbocycles. The average Bonchev–Trinajstić information content (AvgIpc) is 2.95. The van der Waals surface area contributed by atoms with Crippen molar-refractivity contribution in [3.05, 3.63) is 39.4 Å². The Labute approximate surface area is 173 Å². The van der Waals surface area contributed by atoms with Gasteiger partial charge in [-0.2, -0.15) is 13.2 Å². The summed E-state index contributed by atoms with van der Waals surface area (Å²) >= 11 is 0. The predicted octanol–water partition coefficient (Wildman–Crippen LogP) is 1.11. The van der Waals surface area contributed by atoms with E-state index in [1.54, 1.807) is 0 Å². The highest BCUT2D eigenvalue weighted by atomic mass is 19.4. The van der Waals surface area contributed by atoms with E-state index in [9.17, 15) is 42.5 Å². The van der Waals surface area contributed by atoms with E-state index in [4.69, 9.17) is 0 Å². The molecule has 0 spiro atoms. The maximum absolute atomic E-state index is 12.5. The Hall–Kier alpha value is -3.51. The zero-order valence-electron chi connectivity index (χ0n) is 16.0. The van der Waals surface area contributed by atoms with E-state index >= 15 is 0 Å². The van der Waals surface area contributed by atoms with E-state index in [2.05, 4.69) is 5.32 Å². The second kappa shape index (κ2) is 8.32. The number of alkyl halides is 3. The lowest BCUT2D eigenvalue weighted by atomic mass is 9.96. The minimum Gasteiger partial charge on any atom is -0.354 e. The molecule has 0 atom stereocenters. The summed E-state index contributed by atoms with van der Waals surface area (Å²) in [4.78, 5) is 59.7. The van der Waals surface area contributed by atoms with E-state index in [0.717, 1.165) is 23.1 Å². The van der Waals surface area contributed by atoms with Gasteiger partial charge in [-0.05, 0) is 24.8 Å². The highest BCUT2D eigenvalue weighted by Gasteiger charge is 2.43. The third kappa shape index (κ3) is 4.64. The Morgan fingerprint density at radius 3 is 2.32 bits per heavy atom. The number of hydrogen-bond acceptors (Lipinski definition) is 6. The zero-order chi connectivity index (χ0) is 22.9. The Kier molecular flexibility index (Phi) is 5.95. The van der Waals surface area contributed by atoms with Crippen LogP contribution >= 0.6 is 0 Å². The molecular formula is C18H17F3N4O6. The predicted molar refractivity (Wildman–Crippen MR) is 96.8 cm³/mol. The van der Waals surface area contributed by atoms with Gasteiger partial charge in [-0.25, -0.2) is 0 Å². The first kappa shape index (κ1) is 22.2. The third-order valence-electron chi connectivity index (χ3n) is 5.20. The standard InChI is InChI=1S/C18H17F3N4O6/c19-18(20,21)17(29)23-5-3-10(4-6-23)8-22-14(26)9-24-15(27)12-2-1-11(25(30)31)7-13(12)16(24)28/h1-2,7,10H,3-6,8-9H2,(H,22,26). The second-order valence-corrected chi connectivity index (χ2v) is 7.22. The summed E-state index contributed by atoms with van der Waals surface area (Å²) in [5.74, 6) is -4.27. The van der Waals surface area contributed by atoms with Crippen LogP contribution in [0.15, 0.2) is 18.2 Å². The first-order valence-corrected chi connectivity index (χ1v) is 9.26. The van der Waals surface area contributed by atoms with Gasteiger partial charge in [0.05, 0.1) is 16.1 Å². The van der Waals surface area contributed by atoms with E-state index < -0.39 is 41.3 Å². The molecule has 1 saturated heterocycles. The zero-order valence-corrected chi connectivity index (χ0v) is 16.0. The van der Waals surface area contributed by atoms with Gasteiger partial charge in [0.25, 0.3) is 17.5 Å². The van der Waals surface area contributed by atoms with Crippen LogP contribution in [0.1, 0.15) is 33.6 Å². The number of amides is 4. The van der Waals surface area contributed by atoms with Gasteiger partial charge in [-0.3, -0.25) is 34.2 Å². The lowest BCUT2D eigenvalue weighted by molar-refractivity contribution is -0.384. The molecule has 3 rings (SSSR count). The minimum absolute atomic E-state index is 0.0369. The summed E-state index contributed by atoms with van der Waals surface area (Å²) in [6, 6.07) is 3.22. The smallest absolute Gasteiger partial charge is 0.354 e. The molecule has 2 aliphatic heterocycles. The van der Waals surface area contributed by atoms with Crippen molar-refractivity contribution >= 4 is 29.3 Å². The number of carbonyl (C=O) groups is 4. The van der Waals surface area contributed by atoms with Crippen LogP contribution in [0.4, 0.5) is 18.9 Å². The SMILES string of the molecule is O=C(CN1C(=O)c2ccc([N+](=O)[O-])cc2C1=O)NCC1CCN(C(=O)C(F)(F)F)CC1. The van der Waals surface area contributed by atoms with Crippen LogP contribution < -0.4 is 5.32 Å². The van der Waals surface area contributed by atoms with Gasteiger partial charge in [0.2, 0.25) is 5.91 Å². The van der Waals surface area contributed by atoms with Gasteiger partial charge in [0.1, 0.15) is 6.54 Å². The van der Waals surface area contributed by atoms with E-state index in [1.807, 2.05) is 0 Å². The lowest BCUT2D eigenvalue weighted by Gasteiger charge is -2.32. The molecule has 10 nitrogen and oxygen atoms in total. The van der Waals surface area contributed by atoms with E-state index in [0.29, 0.717) is 4.90 Å². The number of nitro groups is 1. The Morgan fingerprint density at radius 1 is 1.13 bits per heavy atom. The van der Waals surface area contributed by atoms with Crippen molar-refractivity contribution in [3.63, 3.8) is 0 Å². The molecule has 31 heavy (non-hydrogen) atoms. The molecule has 13 heteroatoms. The summed E-state index contributed by atoms with van der Waals surface area (Å²) < 4.78 is 37.4. The fraction of sp³-hybridized carbons (Fsp3) is 0.444. The van der Waals surface area contributed by atoms with Crippen molar-refractivity contribution in [2.45, 2.75) is 19.0 Å². The molecule has 1 N–H and O–H groups in total. The van der Waals surface area contributed by atoms with Crippen molar-refractivity contribution in [1.29, 1.82) is 0 Å². The Bertz CT molecular complexity index is 956. The first-order chi connectivity index (χ1) is 14.5. The Balaban J connectivity index is 1.51. The van der Waals surface area contributed by atoms with Crippen molar-refractivity contribution in [1.82, 2.24) is 15.1 Å². The molecular weight excluding hydrogens is 425 g/mol. The number of hydrogen-bond donors (Lipinski definition) is 1. The van der Waals surface area contributed by atoms with Gasteiger partial charge >= 0.3 is 12.1 Å². The number of piperidine rings is 1. The maximum atomic E-state index is 12.5. The van der Waals surface area contributed by atoms with Crippen molar-refractivity contribution < 1.29 is 37.3 Å². The molecule has 0 aromatic heterocycles. The van der Waals surface area contributed by atoms with Gasteiger partial charge in [-0.15, -0.1) is 0 Å². The molecule has 2 heterocycles. The molecule has 0 radical (unpaired) electrons. The highest BCUT2D eigenvalue weighted by molar-refractivity contribution is 6.22. The number of nitro benzene ring substituents is 1. The van der Waals surface area contributed by atoms with E-state index in [1.165, 1.54) is 0 Å². The first-order valence-electron chi connectivity index (χ1n) is 9.26. The van der Waals surface area contributed by atoms with Gasteiger partial charge in [-0.1, -0.05) is 0 Å². The molecule has 1 fully saturated rings. The van der Waals surface area contributed by atoms with Crippen molar-refractivity contribution in [3.8, 4) is 0 Å². The fourth-order valence-corrected chi connectivity index (χ4v) is 3.51. The van der Waals surface area contributed by atoms with Crippen LogP contribution in [0.25, 0.3) is 0 Å². The molecule has 166 valence electrons. The number of rotatable bonds is 5. The normalized spacial score (nSPS) is 17.0. The molecule has 1 aromatic carbocycles. The highest BCUT2D eigenvalue weighted by Crippen LogP contribution is 2.27. The molecule has 0 bridgehead atoms. The molecule has 0 unspecified atom stereocenters.